The molecule has 0 aliphatic heterocycles. The molecule has 4 heterocycles. The average Bonchev–Trinajstić information content (AvgIpc) is 0.728. The third kappa shape index (κ3) is 17.7. The van der Waals surface area contributed by atoms with Gasteiger partial charge in [-0.2, -0.15) is 24.3 Å². The fraction of sp³-hybridized carbons (Fsp3) is 0.556. The van der Waals surface area contributed by atoms with Gasteiger partial charge in [-0.15, -0.1) is 12.1 Å². The molecule has 648 valence electrons. The van der Waals surface area contributed by atoms with Crippen LogP contribution in [0.25, 0.3) is 19.4 Å². The summed E-state index contributed by atoms with van der Waals surface area (Å²) in [5.74, 6) is 6.93. The summed E-state index contributed by atoms with van der Waals surface area (Å²) in [6.45, 7) is 47.7. The first-order valence-corrected chi connectivity index (χ1v) is 46.4. The van der Waals surface area contributed by atoms with Crippen molar-refractivity contribution < 1.29 is 171 Å². The standard InChI is InChI=1S/2C27H32N2O2.2C27H31N2O.4Y/c2*1-18-20-6-7-23-22(21(20)8-9-25(18)28-3)10-14-26(2)24(23)5-4-13-27(26,30)17-19-11-15-29(31)16-12-19;2*1-18-20-6-7-23-22(21(20)8-9-25(18)28-3)10-14-26(2)24(23)5-4-13-27(26,30)17-19-11-15-29-16-12-19;;;;/h2*8-9,11,15-16,22-24,30-31H,4-7,10,13-14,17H2,1-2H3;2*8-9,11,15-16,22-24,30H,4-7,10,13-14,17H2,1-2H3;;;;/q;;2*-1;;;;/t22?,23?,24?,26-,27+;22?,23?,24?,26-,27-;22?,23?,24?,26-,27+;22?,23?,24?,26-,27-;;;;/m0000..../s1. The Morgan fingerprint density at radius 2 is 0.587 bits per heavy atom. The fourth-order valence-corrected chi connectivity index (χ4v) is 29.5. The second-order valence-corrected chi connectivity index (χ2v) is 41.0. The van der Waals surface area contributed by atoms with Crippen LogP contribution < -0.4 is 9.46 Å². The number of rotatable bonds is 8. The van der Waals surface area contributed by atoms with E-state index in [1.54, 1.807) is 24.8 Å². The topological polar surface area (TPSA) is 172 Å². The van der Waals surface area contributed by atoms with Gasteiger partial charge < -0.3 is 30.4 Å². The van der Waals surface area contributed by atoms with Crippen molar-refractivity contribution in [1.29, 1.82) is 0 Å². The first-order chi connectivity index (χ1) is 58.7. The van der Waals surface area contributed by atoms with Crippen LogP contribution in [0.2, 0.25) is 0 Å². The molecule has 0 saturated heterocycles. The van der Waals surface area contributed by atoms with Gasteiger partial charge in [-0.3, -0.25) is 10.4 Å². The SMILES string of the molecule is [C-]#[N+]c1ccc2c(c1C)CCC1C2CC[C@@]2(C)C1CCC[C@@]2(O)Cc1[c-]c[n+](O)cc1.[C-]#[N+]c1ccc2c(c1C)CCC1C2CC[C@@]2(C)C1CCC[C@@]2(O)Cc1[c-]cncc1.[C-]#[N+]c1ccc2c(c1C)CCC1C2CC[C@@]2(C)C1CCC[C@]2(O)Cc1[c-]c[n+](O)cc1.[C-]#[N+]c1ccc2c(c1C)CCC1C2CC[C@@]2(C)C1CCC[C@]2(O)Cc1[c-]cncc1.[Y].[Y].[Y].[Y]. The molecule has 4 aromatic carbocycles. The Morgan fingerprint density at radius 3 is 0.802 bits per heavy atom. The summed E-state index contributed by atoms with van der Waals surface area (Å²) >= 11 is 0. The van der Waals surface area contributed by atoms with E-state index in [0.29, 0.717) is 96.7 Å². The van der Waals surface area contributed by atoms with Crippen molar-refractivity contribution in [1.82, 2.24) is 9.97 Å². The van der Waals surface area contributed by atoms with Crippen LogP contribution in [0.1, 0.15) is 294 Å². The maximum Gasteiger partial charge on any atom is 0.190 e. The summed E-state index contributed by atoms with van der Waals surface area (Å²) in [4.78, 5) is 23.1. The number of benzene rings is 4. The second kappa shape index (κ2) is 39.8. The molecule has 8 fully saturated rings. The molecule has 20 atom stereocenters. The Kier molecular flexibility index (Phi) is 31.2. The zero-order chi connectivity index (χ0) is 85.5. The first-order valence-electron chi connectivity index (χ1n) is 46.4. The van der Waals surface area contributed by atoms with Gasteiger partial charge in [-0.25, -0.2) is 53.8 Å². The minimum Gasteiger partial charge on any atom is -0.389 e. The molecule has 12 aliphatic rings. The zero-order valence-electron chi connectivity index (χ0n) is 75.7. The number of hydrogen-bond donors (Lipinski definition) is 6. The van der Waals surface area contributed by atoms with Crippen molar-refractivity contribution in [3.63, 3.8) is 0 Å². The van der Waals surface area contributed by atoms with E-state index in [1.165, 1.54) is 118 Å². The van der Waals surface area contributed by atoms with E-state index in [-0.39, 0.29) is 152 Å². The molecule has 6 N–H and O–H groups in total. The van der Waals surface area contributed by atoms with Gasteiger partial charge in [0.1, 0.15) is 24.8 Å². The van der Waals surface area contributed by atoms with Crippen molar-refractivity contribution in [2.45, 2.75) is 307 Å². The molecule has 12 aliphatic carbocycles. The largest absolute Gasteiger partial charge is 0.389 e. The van der Waals surface area contributed by atoms with Crippen molar-refractivity contribution in [3.05, 3.63) is 281 Å². The van der Waals surface area contributed by atoms with Crippen LogP contribution in [0.5, 0.6) is 0 Å². The second-order valence-electron chi connectivity index (χ2n) is 41.0. The van der Waals surface area contributed by atoms with Crippen molar-refractivity contribution in [3.8, 4) is 0 Å². The number of fused-ring (bicyclic) bond motifs is 20. The molecule has 12 unspecified atom stereocenters. The first kappa shape index (κ1) is 98.8. The van der Waals surface area contributed by atoms with Gasteiger partial charge >= 0.3 is 0 Å². The van der Waals surface area contributed by atoms with Crippen molar-refractivity contribution >= 4 is 22.7 Å². The molecule has 126 heavy (non-hydrogen) atoms. The number of aromatic nitrogens is 4. The molecule has 0 spiro atoms. The summed E-state index contributed by atoms with van der Waals surface area (Å²) in [5.41, 5.74) is 20.6. The summed E-state index contributed by atoms with van der Waals surface area (Å²) in [6, 6.07) is 37.6. The molecular weight excluding hydrogens is 1860 g/mol. The van der Waals surface area contributed by atoms with Crippen LogP contribution in [0, 0.1) is 147 Å². The van der Waals surface area contributed by atoms with E-state index in [4.69, 9.17) is 26.3 Å². The van der Waals surface area contributed by atoms with Crippen LogP contribution in [0.4, 0.5) is 22.7 Å². The Balaban J connectivity index is 0.000000142. The molecule has 8 saturated carbocycles. The minimum absolute atomic E-state index is 0. The third-order valence-electron chi connectivity index (χ3n) is 36.3. The smallest absolute Gasteiger partial charge is 0.190 e. The Hall–Kier alpha value is -4.70. The van der Waals surface area contributed by atoms with E-state index >= 15 is 0 Å². The van der Waals surface area contributed by atoms with Crippen molar-refractivity contribution in [2.75, 3.05) is 0 Å². The van der Waals surface area contributed by atoms with Gasteiger partial charge in [-0.05, 0) is 354 Å². The molecular formula is C108H126N8O6Y4-2. The molecule has 18 heteroatoms. The van der Waals surface area contributed by atoms with Gasteiger partial charge in [0, 0.05) is 131 Å². The third-order valence-corrected chi connectivity index (χ3v) is 36.3. The average molecular weight is 1990 g/mol. The normalized spacial score (nSPS) is 33.5. The van der Waals surface area contributed by atoms with E-state index in [2.05, 4.69) is 133 Å². The summed E-state index contributed by atoms with van der Waals surface area (Å²) < 4.78 is 2.01. The van der Waals surface area contributed by atoms with E-state index in [9.17, 15) is 30.8 Å². The maximum atomic E-state index is 12.0. The molecule has 4 aromatic heterocycles. The van der Waals surface area contributed by atoms with Gasteiger partial charge in [0.25, 0.3) is 0 Å². The van der Waals surface area contributed by atoms with Gasteiger partial charge in [-0.1, -0.05) is 149 Å². The zero-order valence-corrected chi connectivity index (χ0v) is 87.0. The van der Waals surface area contributed by atoms with Gasteiger partial charge in [0.15, 0.2) is 22.7 Å². The van der Waals surface area contributed by atoms with Gasteiger partial charge in [0.05, 0.1) is 48.7 Å². The van der Waals surface area contributed by atoms with Crippen LogP contribution in [-0.2, 0) is 182 Å². The summed E-state index contributed by atoms with van der Waals surface area (Å²) in [6.07, 6.45) is 46.3. The monoisotopic (exact) mass is 1990 g/mol. The Labute approximate surface area is 851 Å². The molecule has 20 rings (SSSR count). The Morgan fingerprint density at radius 1 is 0.341 bits per heavy atom. The number of pyridine rings is 4. The predicted octanol–water partition coefficient (Wildman–Crippen LogP) is 22.1. The maximum absolute atomic E-state index is 12.0. The van der Waals surface area contributed by atoms with Crippen molar-refractivity contribution in [2.24, 2.45) is 69.0 Å². The molecule has 8 aromatic rings. The summed E-state index contributed by atoms with van der Waals surface area (Å²) in [5, 5.41) is 67.1. The van der Waals surface area contributed by atoms with E-state index in [0.717, 1.165) is 196 Å². The number of hydrogen-bond acceptors (Lipinski definition) is 8. The van der Waals surface area contributed by atoms with Crippen LogP contribution >= 0.6 is 0 Å². The summed E-state index contributed by atoms with van der Waals surface area (Å²) in [7, 11) is 0. The Bertz CT molecular complexity index is 5090. The molecule has 0 amide bonds. The fourth-order valence-electron chi connectivity index (χ4n) is 29.5. The van der Waals surface area contributed by atoms with Crippen LogP contribution in [-0.4, -0.2) is 63.2 Å². The molecule has 4 radical (unpaired) electrons. The minimum atomic E-state index is -0.733. The quantitative estimate of drug-likeness (QED) is 0.0496. The predicted molar refractivity (Wildman–Crippen MR) is 473 cm³/mol. The van der Waals surface area contributed by atoms with Gasteiger partial charge in [0.2, 0.25) is 0 Å². The number of aliphatic hydroxyl groups is 4. The number of nitrogens with zero attached hydrogens (tertiary/aromatic N) is 8. The van der Waals surface area contributed by atoms with Crippen LogP contribution in [0.15, 0.2) is 122 Å². The molecule has 0 bridgehead atoms. The van der Waals surface area contributed by atoms with E-state index in [1.807, 2.05) is 60.9 Å². The van der Waals surface area contributed by atoms with Crippen LogP contribution in [0.3, 0.4) is 0 Å². The molecule has 14 nitrogen and oxygen atoms in total. The van der Waals surface area contributed by atoms with E-state index < -0.39 is 22.4 Å².